The van der Waals surface area contributed by atoms with Crippen LogP contribution in [0.1, 0.15) is 83.7 Å². The van der Waals surface area contributed by atoms with Crippen molar-refractivity contribution in [1.82, 2.24) is 35.1 Å². The average molecular weight is 968 g/mol. The molecule has 2 fully saturated rings. The van der Waals surface area contributed by atoms with Crippen LogP contribution in [-0.2, 0) is 52.8 Å². The van der Waals surface area contributed by atoms with Crippen LogP contribution in [0.4, 0.5) is 8.78 Å². The van der Waals surface area contributed by atoms with Crippen molar-refractivity contribution in [2.24, 2.45) is 17.3 Å². The second kappa shape index (κ2) is 20.9. The molecule has 5 heterocycles. The Morgan fingerprint density at radius 3 is 2.54 bits per heavy atom. The fourth-order valence-corrected chi connectivity index (χ4v) is 10.0. The Morgan fingerprint density at radius 1 is 1.09 bits per heavy atom. The normalized spacial score (nSPS) is 20.5. The number of nitrogens with zero attached hydrogens (tertiary/aromatic N) is 5. The predicted octanol–water partition coefficient (Wildman–Crippen LogP) is 5.37. The number of aliphatic hydroxyl groups is 1. The summed E-state index contributed by atoms with van der Waals surface area (Å²) >= 11 is 0. The second-order valence-electron chi connectivity index (χ2n) is 19.7. The van der Waals surface area contributed by atoms with E-state index < -0.39 is 71.1 Å². The fraction of sp³-hybridized carbons (Fsp3) is 0.500. The molecule has 3 aliphatic rings. The van der Waals surface area contributed by atoms with Gasteiger partial charge in [-0.25, -0.2) is 5.43 Å². The van der Waals surface area contributed by atoms with Crippen LogP contribution in [0.2, 0.25) is 0 Å². The molecular formula is C52H63F2N7O9. The van der Waals surface area contributed by atoms with Gasteiger partial charge in [-0.2, -0.15) is 8.78 Å². The zero-order valence-electron chi connectivity index (χ0n) is 41.0. The molecule has 2 aromatic carbocycles. The highest BCUT2D eigenvalue weighted by Crippen LogP contribution is 2.42. The first-order chi connectivity index (χ1) is 33.1. The Labute approximate surface area is 406 Å². The van der Waals surface area contributed by atoms with Gasteiger partial charge in [-0.3, -0.25) is 34.0 Å². The number of likely N-dealkylation sites (tertiary alicyclic amines) is 1. The standard InChI is InChI=1S/C52H63F2N7O9/c1-9-60-42-15-14-33-26-38(42)39(46(60)37-12-10-19-55-44(37)31(4)69-8)27-51(5,6)29-70-50(67)40-13-11-20-61(57-40)49(66)41(24-32-22-35(33)25-36(62)23-32)56-47(64)45(30(2)3)58(7)48(65)34-17-21-59(28-34)43(63)16-18-52(53,54)68/h10,12,14-15,19,22-23,25-26,30-31,34,40-41,45,57,62,68H,9,11,13,17,20-21,24,27-29H2,1-8H3,(H,56,64)/t31-,34?,40-,41-,45-/m0/s1. The summed E-state index contributed by atoms with van der Waals surface area (Å²) in [6, 6.07) is 11.9. The summed E-state index contributed by atoms with van der Waals surface area (Å²) in [6.45, 7) is 12.4. The first-order valence-electron chi connectivity index (χ1n) is 23.8. The Balaban J connectivity index is 1.27. The first-order valence-corrected chi connectivity index (χ1v) is 23.8. The van der Waals surface area contributed by atoms with Crippen LogP contribution in [0, 0.1) is 29.1 Å². The molecule has 2 saturated heterocycles. The van der Waals surface area contributed by atoms with Gasteiger partial charge in [-0.15, -0.1) is 0 Å². The van der Waals surface area contributed by atoms with E-state index in [0.717, 1.165) is 43.9 Å². The molecule has 4 aromatic rings. The molecule has 0 spiro atoms. The van der Waals surface area contributed by atoms with Crippen LogP contribution in [0.25, 0.3) is 33.3 Å². The number of alkyl halides is 2. The summed E-state index contributed by atoms with van der Waals surface area (Å²) in [5.74, 6) is -1.59. The van der Waals surface area contributed by atoms with Crippen molar-refractivity contribution in [3.63, 3.8) is 0 Å². The average Bonchev–Trinajstić information content (AvgIpc) is 3.93. The number of phenolic OH excluding ortho intramolecular Hbond substituents is 1. The molecular weight excluding hydrogens is 905 g/mol. The van der Waals surface area contributed by atoms with Crippen molar-refractivity contribution >= 4 is 40.5 Å². The first kappa shape index (κ1) is 51.4. The number of aromatic nitrogens is 2. The van der Waals surface area contributed by atoms with Crippen LogP contribution in [0.15, 0.2) is 54.7 Å². The van der Waals surface area contributed by atoms with Gasteiger partial charge < -0.3 is 39.4 Å². The molecule has 0 saturated carbocycles. The van der Waals surface area contributed by atoms with Gasteiger partial charge in [0, 0.05) is 86.7 Å². The van der Waals surface area contributed by atoms with E-state index >= 15 is 0 Å². The highest BCUT2D eigenvalue weighted by molar-refractivity contribution is 5.97. The van der Waals surface area contributed by atoms with Crippen LogP contribution in [-0.4, -0.2) is 129 Å². The number of fused-ring (bicyclic) bond motifs is 6. The molecule has 70 heavy (non-hydrogen) atoms. The van der Waals surface area contributed by atoms with Gasteiger partial charge in [0.2, 0.25) is 11.8 Å². The number of hydrogen-bond donors (Lipinski definition) is 4. The van der Waals surface area contributed by atoms with E-state index in [2.05, 4.69) is 34.4 Å². The maximum Gasteiger partial charge on any atom is 0.421 e. The lowest BCUT2D eigenvalue weighted by Crippen LogP contribution is -2.62. The van der Waals surface area contributed by atoms with Crippen LogP contribution < -0.4 is 10.7 Å². The Kier molecular flexibility index (Phi) is 15.3. The lowest BCUT2D eigenvalue weighted by molar-refractivity contribution is -0.155. The second-order valence-corrected chi connectivity index (χ2v) is 19.7. The smallest absolute Gasteiger partial charge is 0.421 e. The Bertz CT molecular complexity index is 2720. The van der Waals surface area contributed by atoms with Gasteiger partial charge in [0.05, 0.1) is 30.0 Å². The lowest BCUT2D eigenvalue weighted by atomic mass is 9.84. The van der Waals surface area contributed by atoms with Crippen molar-refractivity contribution in [2.45, 2.75) is 111 Å². The van der Waals surface area contributed by atoms with Gasteiger partial charge in [-0.1, -0.05) is 39.8 Å². The monoisotopic (exact) mass is 967 g/mol. The van der Waals surface area contributed by atoms with Gasteiger partial charge in [0.15, 0.2) is 0 Å². The number of aromatic hydroxyl groups is 1. The van der Waals surface area contributed by atoms with E-state index in [1.54, 1.807) is 39.1 Å². The van der Waals surface area contributed by atoms with Crippen molar-refractivity contribution in [1.29, 1.82) is 0 Å². The molecule has 4 amide bonds. The SMILES string of the molecule is CCn1c(-c2cccnc2[C@H](C)OC)c2c3cc(ccc31)-c1cc(O)cc(c1)C[C@H](NC(=O)[C@H](C(C)C)N(C)C(=O)C1CCN(C(=O)C#CC(O)(F)F)C1)C(=O)N1CCC[C@H](N1)C(=O)OCC(C)(C)C2. The van der Waals surface area contributed by atoms with E-state index in [4.69, 9.17) is 19.6 Å². The molecule has 2 aromatic heterocycles. The largest absolute Gasteiger partial charge is 0.508 e. The minimum Gasteiger partial charge on any atom is -0.508 e. The fourth-order valence-electron chi connectivity index (χ4n) is 10.0. The number of hydrazine groups is 1. The molecule has 3 aliphatic heterocycles. The number of esters is 1. The molecule has 0 aliphatic carbocycles. The number of pyridine rings is 1. The number of hydrogen-bond acceptors (Lipinski definition) is 11. The molecule has 18 heteroatoms. The molecule has 5 atom stereocenters. The van der Waals surface area contributed by atoms with Crippen molar-refractivity contribution in [2.75, 3.05) is 40.4 Å². The molecule has 0 radical (unpaired) electrons. The summed E-state index contributed by atoms with van der Waals surface area (Å²) in [7, 11) is 3.10. The number of halogens is 2. The zero-order valence-corrected chi connectivity index (χ0v) is 41.0. The highest BCUT2D eigenvalue weighted by Gasteiger charge is 2.40. The quantitative estimate of drug-likeness (QED) is 0.124. The van der Waals surface area contributed by atoms with E-state index in [1.807, 2.05) is 45.0 Å². The van der Waals surface area contributed by atoms with Crippen molar-refractivity contribution in [3.05, 3.63) is 71.5 Å². The topological polar surface area (TPSA) is 196 Å². The summed E-state index contributed by atoms with van der Waals surface area (Å²) in [5.41, 5.74) is 9.12. The number of cyclic esters (lactones) is 1. The van der Waals surface area contributed by atoms with Crippen LogP contribution >= 0.6 is 0 Å². The number of methoxy groups -OCH3 is 1. The summed E-state index contributed by atoms with van der Waals surface area (Å²) in [5, 5.41) is 25.2. The number of aryl methyl sites for hydroxylation is 1. The third-order valence-corrected chi connectivity index (χ3v) is 13.5. The van der Waals surface area contributed by atoms with E-state index in [-0.39, 0.29) is 50.9 Å². The van der Waals surface area contributed by atoms with Gasteiger partial charge in [-0.05, 0) is 104 Å². The van der Waals surface area contributed by atoms with Gasteiger partial charge in [0.25, 0.3) is 11.8 Å². The van der Waals surface area contributed by atoms with E-state index in [0.29, 0.717) is 36.9 Å². The maximum atomic E-state index is 14.7. The third-order valence-electron chi connectivity index (χ3n) is 13.5. The maximum absolute atomic E-state index is 14.7. The highest BCUT2D eigenvalue weighted by atomic mass is 19.3. The minimum atomic E-state index is -4.35. The number of likely N-dealkylation sites (N-methyl/N-ethyl adjacent to an activating group) is 1. The Morgan fingerprint density at radius 2 is 1.84 bits per heavy atom. The zero-order chi connectivity index (χ0) is 50.8. The van der Waals surface area contributed by atoms with Crippen molar-refractivity contribution in [3.8, 4) is 40.0 Å². The minimum absolute atomic E-state index is 0.0485. The van der Waals surface area contributed by atoms with Gasteiger partial charge >= 0.3 is 12.1 Å². The van der Waals surface area contributed by atoms with E-state index in [9.17, 15) is 37.9 Å². The number of carbonyl (C=O) groups is 5. The number of benzene rings is 2. The predicted molar refractivity (Wildman–Crippen MR) is 256 cm³/mol. The third kappa shape index (κ3) is 11.3. The summed E-state index contributed by atoms with van der Waals surface area (Å²) in [6.07, 6.45) is -1.47. The molecule has 6 bridgehead atoms. The number of nitrogens with one attached hydrogen (secondary N) is 2. The van der Waals surface area contributed by atoms with Crippen LogP contribution in [0.5, 0.6) is 5.75 Å². The molecule has 1 unspecified atom stereocenters. The molecule has 374 valence electrons. The van der Waals surface area contributed by atoms with E-state index in [1.165, 1.54) is 28.9 Å². The Hall–Kier alpha value is -6.42. The summed E-state index contributed by atoms with van der Waals surface area (Å²) < 4.78 is 40.0. The number of ether oxygens (including phenoxy) is 2. The number of amides is 4. The number of phenols is 1. The summed E-state index contributed by atoms with van der Waals surface area (Å²) in [4.78, 5) is 76.8. The lowest BCUT2D eigenvalue weighted by Gasteiger charge is -2.37. The molecule has 4 N–H and O–H groups in total. The molecule has 16 nitrogen and oxygen atoms in total. The van der Waals surface area contributed by atoms with Crippen molar-refractivity contribution < 1.29 is 52.4 Å². The van der Waals surface area contributed by atoms with Crippen LogP contribution in [0.3, 0.4) is 0 Å². The number of carbonyl (C=O) groups excluding carboxylic acids is 5. The van der Waals surface area contributed by atoms with Gasteiger partial charge in [0.1, 0.15) is 23.9 Å². The number of rotatable bonds is 9. The molecule has 7 rings (SSSR count).